The van der Waals surface area contributed by atoms with Crippen LogP contribution in [0.5, 0.6) is 0 Å². The van der Waals surface area contributed by atoms with E-state index < -0.39 is 26.1 Å². The van der Waals surface area contributed by atoms with Crippen LogP contribution in [0.4, 0.5) is 23.2 Å². The van der Waals surface area contributed by atoms with Crippen molar-refractivity contribution >= 4 is 15.5 Å². The Balaban J connectivity index is 3.36. The molecule has 0 heterocycles. The Kier molecular flexibility index (Phi) is 4.68. The van der Waals surface area contributed by atoms with Crippen molar-refractivity contribution in [2.24, 2.45) is 5.92 Å². The summed E-state index contributed by atoms with van der Waals surface area (Å²) in [5.74, 6) is -0.989. The highest BCUT2D eigenvalue weighted by atomic mass is 32.2. The zero-order valence-corrected chi connectivity index (χ0v) is 11.9. The van der Waals surface area contributed by atoms with Gasteiger partial charge in [0.25, 0.3) is 9.84 Å². The van der Waals surface area contributed by atoms with Gasteiger partial charge in [-0.1, -0.05) is 13.8 Å². The normalized spacial score (nSPS) is 14.4. The fraction of sp³-hybridized carbons (Fsp3) is 0.500. The maximum absolute atomic E-state index is 13.1. The quantitative estimate of drug-likeness (QED) is 0.864. The van der Waals surface area contributed by atoms with Crippen molar-refractivity contribution < 1.29 is 26.0 Å². The smallest absolute Gasteiger partial charge is 0.381 e. The van der Waals surface area contributed by atoms with Crippen molar-refractivity contribution in [3.8, 4) is 0 Å². The molecular formula is C12H15F4NO2S. The lowest BCUT2D eigenvalue weighted by Crippen LogP contribution is -2.27. The largest absolute Gasteiger partial charge is 0.501 e. The number of sulfone groups is 1. The molecule has 0 aliphatic heterocycles. The molecule has 0 amide bonds. The zero-order chi connectivity index (χ0) is 15.7. The molecule has 0 bridgehead atoms. The zero-order valence-electron chi connectivity index (χ0n) is 11.1. The second-order valence-corrected chi connectivity index (χ2v) is 6.68. The minimum Gasteiger partial charge on any atom is -0.381 e. The van der Waals surface area contributed by atoms with Gasteiger partial charge in [0.1, 0.15) is 10.7 Å². The molecule has 1 aromatic carbocycles. The summed E-state index contributed by atoms with van der Waals surface area (Å²) < 4.78 is 73.8. The number of benzene rings is 1. The molecule has 20 heavy (non-hydrogen) atoms. The predicted octanol–water partition coefficient (Wildman–Crippen LogP) is 3.58. The summed E-state index contributed by atoms with van der Waals surface area (Å²) >= 11 is 0. The summed E-state index contributed by atoms with van der Waals surface area (Å²) in [6.07, 6.45) is 0. The highest BCUT2D eigenvalue weighted by Crippen LogP contribution is 2.35. The standard InChI is InChI=1S/C12H15F4NO2S/c1-7(2)8(3)17-10-5-4-9(13)6-11(10)20(18,19)12(14,15)16/h4-8,17H,1-3H3. The first kappa shape index (κ1) is 16.7. The summed E-state index contributed by atoms with van der Waals surface area (Å²) in [4.78, 5) is -1.10. The molecule has 1 atom stereocenters. The maximum atomic E-state index is 13.1. The van der Waals surface area contributed by atoms with E-state index in [1.807, 2.05) is 13.8 Å². The summed E-state index contributed by atoms with van der Waals surface area (Å²) in [7, 11) is -5.60. The lowest BCUT2D eigenvalue weighted by Gasteiger charge is -2.21. The van der Waals surface area contributed by atoms with Gasteiger partial charge in [0.15, 0.2) is 0 Å². The second-order valence-electron chi connectivity index (χ2n) is 4.77. The molecule has 1 rings (SSSR count). The van der Waals surface area contributed by atoms with Crippen molar-refractivity contribution in [1.29, 1.82) is 0 Å². The van der Waals surface area contributed by atoms with Crippen LogP contribution in [-0.2, 0) is 9.84 Å². The molecule has 8 heteroatoms. The fourth-order valence-corrected chi connectivity index (χ4v) is 2.31. The summed E-state index contributed by atoms with van der Waals surface area (Å²) in [5, 5.41) is 2.67. The molecule has 0 radical (unpaired) electrons. The highest BCUT2D eigenvalue weighted by Gasteiger charge is 2.48. The predicted molar refractivity (Wildman–Crippen MR) is 67.6 cm³/mol. The lowest BCUT2D eigenvalue weighted by molar-refractivity contribution is -0.0435. The Morgan fingerprint density at radius 3 is 2.15 bits per heavy atom. The monoisotopic (exact) mass is 313 g/mol. The van der Waals surface area contributed by atoms with Gasteiger partial charge in [-0.05, 0) is 31.0 Å². The fourth-order valence-electron chi connectivity index (χ4n) is 1.37. The van der Waals surface area contributed by atoms with Crippen LogP contribution < -0.4 is 5.32 Å². The van der Waals surface area contributed by atoms with Gasteiger partial charge in [-0.3, -0.25) is 0 Å². The molecule has 0 fully saturated rings. The number of alkyl halides is 3. The summed E-state index contributed by atoms with van der Waals surface area (Å²) in [5.41, 5.74) is -5.73. The van der Waals surface area contributed by atoms with Crippen LogP contribution in [0.1, 0.15) is 20.8 Å². The molecule has 3 nitrogen and oxygen atoms in total. The Bertz CT molecular complexity index is 582. The van der Waals surface area contributed by atoms with E-state index in [0.717, 1.165) is 12.1 Å². The van der Waals surface area contributed by atoms with Gasteiger partial charge >= 0.3 is 5.51 Å². The molecule has 1 N–H and O–H groups in total. The third-order valence-corrected chi connectivity index (χ3v) is 4.45. The number of nitrogens with one attached hydrogen (secondary N) is 1. The molecule has 1 aromatic rings. The van der Waals surface area contributed by atoms with Crippen LogP contribution in [0.25, 0.3) is 0 Å². The van der Waals surface area contributed by atoms with Crippen LogP contribution in [0.3, 0.4) is 0 Å². The first-order valence-electron chi connectivity index (χ1n) is 5.84. The van der Waals surface area contributed by atoms with Gasteiger partial charge in [0, 0.05) is 6.04 Å². The number of hydrogen-bond acceptors (Lipinski definition) is 3. The second kappa shape index (κ2) is 5.59. The van der Waals surface area contributed by atoms with E-state index in [9.17, 15) is 26.0 Å². The summed E-state index contributed by atoms with van der Waals surface area (Å²) in [6.45, 7) is 5.33. The molecule has 0 aromatic heterocycles. The molecule has 114 valence electrons. The van der Waals surface area contributed by atoms with Crippen LogP contribution in [-0.4, -0.2) is 20.0 Å². The minimum absolute atomic E-state index is 0.0569. The third kappa shape index (κ3) is 3.41. The topological polar surface area (TPSA) is 46.2 Å². The maximum Gasteiger partial charge on any atom is 0.501 e. The van der Waals surface area contributed by atoms with Crippen LogP contribution in [0, 0.1) is 11.7 Å². The molecule has 0 saturated carbocycles. The lowest BCUT2D eigenvalue weighted by atomic mass is 10.1. The number of anilines is 1. The van der Waals surface area contributed by atoms with Crippen molar-refractivity contribution in [1.82, 2.24) is 0 Å². The van der Waals surface area contributed by atoms with Crippen LogP contribution in [0.15, 0.2) is 23.1 Å². The van der Waals surface area contributed by atoms with Crippen molar-refractivity contribution in [2.75, 3.05) is 5.32 Å². The molecular weight excluding hydrogens is 298 g/mol. The number of rotatable bonds is 4. The van der Waals surface area contributed by atoms with Crippen LogP contribution in [0.2, 0.25) is 0 Å². The van der Waals surface area contributed by atoms with E-state index >= 15 is 0 Å². The Morgan fingerprint density at radius 1 is 1.15 bits per heavy atom. The molecule has 0 aliphatic carbocycles. The van der Waals surface area contributed by atoms with Crippen molar-refractivity contribution in [3.05, 3.63) is 24.0 Å². The van der Waals surface area contributed by atoms with Gasteiger partial charge in [0.05, 0.1) is 5.69 Å². The molecule has 0 aliphatic rings. The highest BCUT2D eigenvalue weighted by molar-refractivity contribution is 7.92. The number of hydrogen-bond donors (Lipinski definition) is 1. The number of halogens is 4. The van der Waals surface area contributed by atoms with Gasteiger partial charge in [0.2, 0.25) is 0 Å². The van der Waals surface area contributed by atoms with Crippen LogP contribution >= 0.6 is 0 Å². The van der Waals surface area contributed by atoms with E-state index in [1.165, 1.54) is 0 Å². The minimum atomic E-state index is -5.60. The average Bonchev–Trinajstić information content (AvgIpc) is 2.29. The Hall–Kier alpha value is -1.31. The SMILES string of the molecule is CC(C)C(C)Nc1ccc(F)cc1S(=O)(=O)C(F)(F)F. The third-order valence-electron chi connectivity index (χ3n) is 2.92. The first-order chi connectivity index (χ1) is 8.96. The van der Waals surface area contributed by atoms with E-state index in [0.29, 0.717) is 6.07 Å². The van der Waals surface area contributed by atoms with E-state index in [1.54, 1.807) is 6.92 Å². The Labute approximate surface area is 114 Å². The van der Waals surface area contributed by atoms with E-state index in [-0.39, 0.29) is 17.6 Å². The van der Waals surface area contributed by atoms with Gasteiger partial charge in [-0.2, -0.15) is 13.2 Å². The average molecular weight is 313 g/mol. The van der Waals surface area contributed by atoms with Gasteiger partial charge < -0.3 is 5.32 Å². The first-order valence-corrected chi connectivity index (χ1v) is 7.32. The van der Waals surface area contributed by atoms with E-state index in [4.69, 9.17) is 0 Å². The van der Waals surface area contributed by atoms with Gasteiger partial charge in [-0.25, -0.2) is 12.8 Å². The van der Waals surface area contributed by atoms with Crippen molar-refractivity contribution in [3.63, 3.8) is 0 Å². The molecule has 0 saturated heterocycles. The molecule has 0 spiro atoms. The Morgan fingerprint density at radius 2 is 1.70 bits per heavy atom. The van der Waals surface area contributed by atoms with Crippen molar-refractivity contribution in [2.45, 2.75) is 37.2 Å². The van der Waals surface area contributed by atoms with E-state index in [2.05, 4.69) is 5.32 Å². The summed E-state index contributed by atoms with van der Waals surface area (Å²) in [6, 6.07) is 2.00. The van der Waals surface area contributed by atoms with Gasteiger partial charge in [-0.15, -0.1) is 0 Å². The molecule has 1 unspecified atom stereocenters.